The largest absolute Gasteiger partial charge is 0.472 e. The summed E-state index contributed by atoms with van der Waals surface area (Å²) >= 11 is 0. The van der Waals surface area contributed by atoms with Crippen molar-refractivity contribution in [1.29, 1.82) is 0 Å². The summed E-state index contributed by atoms with van der Waals surface area (Å²) in [6.07, 6.45) is 3.46. The van der Waals surface area contributed by atoms with Crippen LogP contribution in [0.5, 0.6) is 0 Å². The lowest BCUT2D eigenvalue weighted by molar-refractivity contribution is 0.0773. The minimum Gasteiger partial charge on any atom is -0.472 e. The molecule has 1 aliphatic rings. The molecule has 1 aliphatic heterocycles. The highest BCUT2D eigenvalue weighted by atomic mass is 16.3. The van der Waals surface area contributed by atoms with E-state index in [2.05, 4.69) is 51.9 Å². The molecule has 1 atom stereocenters. The van der Waals surface area contributed by atoms with Crippen LogP contribution in [0.1, 0.15) is 46.9 Å². The Morgan fingerprint density at radius 2 is 1.82 bits per heavy atom. The van der Waals surface area contributed by atoms with Gasteiger partial charge in [-0.1, -0.05) is 24.3 Å². The molecule has 3 aromatic rings. The number of carbonyl (C=O) groups is 1. The minimum atomic E-state index is 0.0933. The number of nitrogens with one attached hydrogen (secondary N) is 2. The topological polar surface area (TPSA) is 60.8 Å². The molecule has 6 nitrogen and oxygen atoms in total. The fourth-order valence-corrected chi connectivity index (χ4v) is 4.47. The van der Waals surface area contributed by atoms with Gasteiger partial charge >= 0.3 is 0 Å². The van der Waals surface area contributed by atoms with Gasteiger partial charge in [0, 0.05) is 62.6 Å². The number of hydrogen-bond donors (Lipinski definition) is 2. The van der Waals surface area contributed by atoms with Gasteiger partial charge in [-0.15, -0.1) is 0 Å². The molecule has 2 aromatic carbocycles. The van der Waals surface area contributed by atoms with Gasteiger partial charge in [-0.3, -0.25) is 9.69 Å². The Morgan fingerprint density at radius 3 is 2.48 bits per heavy atom. The first-order chi connectivity index (χ1) is 16.2. The van der Waals surface area contributed by atoms with E-state index in [1.165, 1.54) is 11.1 Å². The molecule has 0 radical (unpaired) electrons. The van der Waals surface area contributed by atoms with E-state index in [1.54, 1.807) is 12.5 Å². The summed E-state index contributed by atoms with van der Waals surface area (Å²) in [5.74, 6) is 0.0933. The molecule has 6 heteroatoms. The summed E-state index contributed by atoms with van der Waals surface area (Å²) in [5, 5.41) is 6.96. The second kappa shape index (κ2) is 11.2. The van der Waals surface area contributed by atoms with Crippen LogP contribution in [0.3, 0.4) is 0 Å². The molecular formula is C27H34N4O2. The summed E-state index contributed by atoms with van der Waals surface area (Å²) < 4.78 is 5.18. The minimum absolute atomic E-state index is 0.0933. The van der Waals surface area contributed by atoms with E-state index in [0.29, 0.717) is 0 Å². The number of piperazine rings is 1. The Bertz CT molecular complexity index is 1010. The van der Waals surface area contributed by atoms with Crippen molar-refractivity contribution in [2.24, 2.45) is 0 Å². The van der Waals surface area contributed by atoms with Gasteiger partial charge in [0.1, 0.15) is 0 Å². The maximum Gasteiger partial charge on any atom is 0.253 e. The van der Waals surface area contributed by atoms with Gasteiger partial charge in [-0.05, 0) is 55.3 Å². The zero-order chi connectivity index (χ0) is 23.0. The highest BCUT2D eigenvalue weighted by molar-refractivity contribution is 5.94. The van der Waals surface area contributed by atoms with E-state index in [-0.39, 0.29) is 11.9 Å². The first-order valence-electron chi connectivity index (χ1n) is 11.9. The normalized spacial score (nSPS) is 15.2. The zero-order valence-electron chi connectivity index (χ0n) is 19.6. The van der Waals surface area contributed by atoms with Crippen LogP contribution in [0, 0.1) is 0 Å². The molecule has 174 valence electrons. The average molecular weight is 447 g/mol. The fraction of sp³-hybridized carbons (Fsp3) is 0.370. The predicted molar refractivity (Wildman–Crippen MR) is 132 cm³/mol. The molecule has 0 saturated carbocycles. The number of benzene rings is 2. The van der Waals surface area contributed by atoms with Crippen molar-refractivity contribution in [1.82, 2.24) is 15.1 Å². The SMILES string of the molecule is CCN(CC)C(=O)c1ccc(C(c2cccc(NCc3ccoc3)c2)N2CCNCC2)cc1. The monoisotopic (exact) mass is 446 g/mol. The maximum atomic E-state index is 12.8. The lowest BCUT2D eigenvalue weighted by Crippen LogP contribution is -2.45. The van der Waals surface area contributed by atoms with Crippen molar-refractivity contribution in [2.75, 3.05) is 44.6 Å². The molecule has 33 heavy (non-hydrogen) atoms. The summed E-state index contributed by atoms with van der Waals surface area (Å²) in [6.45, 7) is 10.1. The van der Waals surface area contributed by atoms with Crippen LogP contribution in [0.25, 0.3) is 0 Å². The Morgan fingerprint density at radius 1 is 1.06 bits per heavy atom. The second-order valence-corrected chi connectivity index (χ2v) is 8.40. The first-order valence-corrected chi connectivity index (χ1v) is 11.9. The van der Waals surface area contributed by atoms with Crippen molar-refractivity contribution < 1.29 is 9.21 Å². The lowest BCUT2D eigenvalue weighted by Gasteiger charge is -2.36. The molecule has 1 saturated heterocycles. The molecule has 0 bridgehead atoms. The third kappa shape index (κ3) is 5.64. The van der Waals surface area contributed by atoms with Gasteiger partial charge < -0.3 is 20.0 Å². The summed E-state index contributed by atoms with van der Waals surface area (Å²) in [7, 11) is 0. The van der Waals surface area contributed by atoms with Crippen molar-refractivity contribution >= 4 is 11.6 Å². The molecule has 1 amide bonds. The van der Waals surface area contributed by atoms with E-state index in [1.807, 2.05) is 36.9 Å². The standard InChI is InChI=1S/C27H34N4O2/c1-3-30(4-2)27(32)23-10-8-22(9-11-23)26(31-15-13-28-14-16-31)24-6-5-7-25(18-24)29-19-21-12-17-33-20-21/h5-12,17-18,20,26,28-29H,3-4,13-16,19H2,1-2H3. The van der Waals surface area contributed by atoms with Crippen LogP contribution in [-0.4, -0.2) is 55.0 Å². The van der Waals surface area contributed by atoms with Crippen molar-refractivity contribution in [2.45, 2.75) is 26.4 Å². The van der Waals surface area contributed by atoms with Crippen LogP contribution in [0.2, 0.25) is 0 Å². The van der Waals surface area contributed by atoms with E-state index < -0.39 is 0 Å². The van der Waals surface area contributed by atoms with Crippen LogP contribution in [0.4, 0.5) is 5.69 Å². The Kier molecular flexibility index (Phi) is 7.81. The van der Waals surface area contributed by atoms with Gasteiger partial charge in [0.15, 0.2) is 0 Å². The third-order valence-corrected chi connectivity index (χ3v) is 6.32. The van der Waals surface area contributed by atoms with E-state index in [4.69, 9.17) is 4.42 Å². The number of nitrogens with zero attached hydrogens (tertiary/aromatic N) is 2. The molecule has 2 heterocycles. The van der Waals surface area contributed by atoms with Crippen LogP contribution in [0.15, 0.2) is 71.5 Å². The summed E-state index contributed by atoms with van der Waals surface area (Å²) in [6, 6.07) is 19.0. The Labute approximate surface area is 196 Å². The fourth-order valence-electron chi connectivity index (χ4n) is 4.47. The molecular weight excluding hydrogens is 412 g/mol. The van der Waals surface area contributed by atoms with Crippen LogP contribution in [-0.2, 0) is 6.54 Å². The van der Waals surface area contributed by atoms with E-state index >= 15 is 0 Å². The number of carbonyl (C=O) groups excluding carboxylic acids is 1. The second-order valence-electron chi connectivity index (χ2n) is 8.40. The Balaban J connectivity index is 1.59. The molecule has 1 fully saturated rings. The van der Waals surface area contributed by atoms with Gasteiger partial charge in [-0.2, -0.15) is 0 Å². The molecule has 1 aromatic heterocycles. The molecule has 4 rings (SSSR count). The molecule has 0 spiro atoms. The quantitative estimate of drug-likeness (QED) is 0.511. The van der Waals surface area contributed by atoms with Crippen molar-refractivity contribution in [3.63, 3.8) is 0 Å². The maximum absolute atomic E-state index is 12.8. The molecule has 0 aliphatic carbocycles. The first kappa shape index (κ1) is 23.1. The smallest absolute Gasteiger partial charge is 0.253 e. The number of rotatable bonds is 9. The summed E-state index contributed by atoms with van der Waals surface area (Å²) in [4.78, 5) is 17.1. The predicted octanol–water partition coefficient (Wildman–Crippen LogP) is 4.37. The van der Waals surface area contributed by atoms with Crippen LogP contribution < -0.4 is 10.6 Å². The van der Waals surface area contributed by atoms with Crippen molar-refractivity contribution in [3.8, 4) is 0 Å². The van der Waals surface area contributed by atoms with E-state index in [9.17, 15) is 4.79 Å². The van der Waals surface area contributed by atoms with Crippen LogP contribution >= 0.6 is 0 Å². The van der Waals surface area contributed by atoms with Gasteiger partial charge in [0.05, 0.1) is 18.6 Å². The zero-order valence-corrected chi connectivity index (χ0v) is 19.6. The van der Waals surface area contributed by atoms with Gasteiger partial charge in [0.25, 0.3) is 5.91 Å². The van der Waals surface area contributed by atoms with E-state index in [0.717, 1.165) is 62.6 Å². The molecule has 2 N–H and O–H groups in total. The highest BCUT2D eigenvalue weighted by Gasteiger charge is 2.24. The summed E-state index contributed by atoms with van der Waals surface area (Å²) in [5.41, 5.74) is 5.41. The third-order valence-electron chi connectivity index (χ3n) is 6.32. The Hall–Kier alpha value is -3.09. The number of hydrogen-bond acceptors (Lipinski definition) is 5. The lowest BCUT2D eigenvalue weighted by atomic mass is 9.95. The number of furan rings is 1. The molecule has 1 unspecified atom stereocenters. The van der Waals surface area contributed by atoms with Crippen molar-refractivity contribution in [3.05, 3.63) is 89.4 Å². The van der Waals surface area contributed by atoms with Gasteiger partial charge in [-0.25, -0.2) is 0 Å². The van der Waals surface area contributed by atoms with Gasteiger partial charge in [0.2, 0.25) is 0 Å². The number of amides is 1. The average Bonchev–Trinajstić information content (AvgIpc) is 3.39. The highest BCUT2D eigenvalue weighted by Crippen LogP contribution is 2.31. The number of anilines is 1.